The van der Waals surface area contributed by atoms with Gasteiger partial charge in [-0.3, -0.25) is 4.79 Å². The molecular weight excluding hydrogens is 296 g/mol. The molecule has 2 aliphatic rings. The second-order valence-electron chi connectivity index (χ2n) is 5.72. The maximum Gasteiger partial charge on any atom is 0.186 e. The molecule has 1 aliphatic carbocycles. The Labute approximate surface area is 127 Å². The maximum absolute atomic E-state index is 11.1. The maximum atomic E-state index is 11.1. The Bertz CT molecular complexity index is 423. The molecule has 1 fully saturated rings. The zero-order valence-electron chi connectivity index (χ0n) is 12.0. The SMILES string of the molecule is O=C1C=C[C@](O)(CCO[C@@H]2O[C@H](CO)[C@@H](O)[C@H](O)[C@H]2O)CC1. The van der Waals surface area contributed by atoms with Crippen molar-refractivity contribution >= 4 is 5.78 Å². The minimum Gasteiger partial charge on any atom is -0.394 e. The summed E-state index contributed by atoms with van der Waals surface area (Å²) in [5, 5.41) is 48.3. The first-order valence-corrected chi connectivity index (χ1v) is 7.23. The predicted octanol–water partition coefficient (Wildman–Crippen LogP) is -2.16. The van der Waals surface area contributed by atoms with E-state index in [9.17, 15) is 25.2 Å². The summed E-state index contributed by atoms with van der Waals surface area (Å²) in [5.74, 6) is -0.0421. The summed E-state index contributed by atoms with van der Waals surface area (Å²) >= 11 is 0. The Balaban J connectivity index is 1.85. The molecule has 6 atom stereocenters. The van der Waals surface area contributed by atoms with Crippen LogP contribution in [0.1, 0.15) is 19.3 Å². The number of rotatable bonds is 5. The van der Waals surface area contributed by atoms with Crippen molar-refractivity contribution in [3.63, 3.8) is 0 Å². The molecule has 2 rings (SSSR count). The summed E-state index contributed by atoms with van der Waals surface area (Å²) in [6.07, 6.45) is -3.14. The van der Waals surface area contributed by atoms with E-state index in [1.807, 2.05) is 0 Å². The smallest absolute Gasteiger partial charge is 0.186 e. The molecule has 1 saturated heterocycles. The van der Waals surface area contributed by atoms with Gasteiger partial charge >= 0.3 is 0 Å². The third kappa shape index (κ3) is 3.90. The molecule has 0 aromatic heterocycles. The predicted molar refractivity (Wildman–Crippen MR) is 72.7 cm³/mol. The van der Waals surface area contributed by atoms with E-state index in [1.165, 1.54) is 12.2 Å². The first kappa shape index (κ1) is 17.5. The van der Waals surface area contributed by atoms with Gasteiger partial charge in [0.15, 0.2) is 12.1 Å². The lowest BCUT2D eigenvalue weighted by Gasteiger charge is -2.40. The lowest BCUT2D eigenvalue weighted by molar-refractivity contribution is -0.302. The Hall–Kier alpha value is -0.870. The van der Waals surface area contributed by atoms with Crippen molar-refractivity contribution in [2.45, 2.75) is 55.6 Å². The number of carbonyl (C=O) groups is 1. The Morgan fingerprint density at radius 2 is 2.00 bits per heavy atom. The second kappa shape index (κ2) is 7.14. The van der Waals surface area contributed by atoms with Gasteiger partial charge in [0.2, 0.25) is 0 Å². The van der Waals surface area contributed by atoms with E-state index < -0.39 is 42.9 Å². The average molecular weight is 318 g/mol. The van der Waals surface area contributed by atoms with E-state index in [1.54, 1.807) is 0 Å². The Morgan fingerprint density at radius 1 is 1.27 bits per heavy atom. The number of hydrogen-bond acceptors (Lipinski definition) is 8. The van der Waals surface area contributed by atoms with Crippen molar-refractivity contribution in [2.75, 3.05) is 13.2 Å². The highest BCUT2D eigenvalue weighted by Crippen LogP contribution is 2.26. The first-order valence-electron chi connectivity index (χ1n) is 7.23. The minimum absolute atomic E-state index is 0.0116. The van der Waals surface area contributed by atoms with Gasteiger partial charge in [-0.2, -0.15) is 0 Å². The van der Waals surface area contributed by atoms with Gasteiger partial charge in [0.1, 0.15) is 24.4 Å². The van der Waals surface area contributed by atoms with Gasteiger partial charge in [-0.15, -0.1) is 0 Å². The zero-order valence-corrected chi connectivity index (χ0v) is 12.0. The fourth-order valence-electron chi connectivity index (χ4n) is 2.52. The molecule has 5 N–H and O–H groups in total. The molecule has 1 aliphatic heterocycles. The van der Waals surface area contributed by atoms with Crippen LogP contribution < -0.4 is 0 Å². The quantitative estimate of drug-likeness (QED) is 0.387. The number of carbonyl (C=O) groups excluding carboxylic acids is 1. The number of aliphatic hydroxyl groups is 5. The molecule has 0 aromatic carbocycles. The third-order valence-electron chi connectivity index (χ3n) is 4.05. The van der Waals surface area contributed by atoms with Crippen LogP contribution in [0.25, 0.3) is 0 Å². The molecule has 1 heterocycles. The summed E-state index contributed by atoms with van der Waals surface area (Å²) in [4.78, 5) is 11.1. The highest BCUT2D eigenvalue weighted by Gasteiger charge is 2.44. The van der Waals surface area contributed by atoms with Crippen LogP contribution in [0.3, 0.4) is 0 Å². The van der Waals surface area contributed by atoms with Crippen LogP contribution >= 0.6 is 0 Å². The van der Waals surface area contributed by atoms with Gasteiger partial charge in [-0.05, 0) is 18.6 Å². The van der Waals surface area contributed by atoms with E-state index >= 15 is 0 Å². The van der Waals surface area contributed by atoms with Crippen LogP contribution in [-0.4, -0.2) is 80.8 Å². The summed E-state index contributed by atoms with van der Waals surface area (Å²) < 4.78 is 10.5. The van der Waals surface area contributed by atoms with Crippen LogP contribution in [0.5, 0.6) is 0 Å². The molecule has 0 radical (unpaired) electrons. The van der Waals surface area contributed by atoms with Crippen molar-refractivity contribution in [2.24, 2.45) is 0 Å². The largest absolute Gasteiger partial charge is 0.394 e. The van der Waals surface area contributed by atoms with Crippen molar-refractivity contribution in [3.8, 4) is 0 Å². The van der Waals surface area contributed by atoms with Crippen LogP contribution in [-0.2, 0) is 14.3 Å². The van der Waals surface area contributed by atoms with E-state index in [0.29, 0.717) is 6.42 Å². The van der Waals surface area contributed by atoms with Crippen LogP contribution in [0.4, 0.5) is 0 Å². The van der Waals surface area contributed by atoms with Gasteiger partial charge < -0.3 is 35.0 Å². The van der Waals surface area contributed by atoms with Crippen molar-refractivity contribution in [1.29, 1.82) is 0 Å². The normalized spacial score (nSPS) is 42.6. The van der Waals surface area contributed by atoms with Crippen LogP contribution in [0.15, 0.2) is 12.2 Å². The highest BCUT2D eigenvalue weighted by atomic mass is 16.7. The molecule has 126 valence electrons. The lowest BCUT2D eigenvalue weighted by Crippen LogP contribution is -2.59. The van der Waals surface area contributed by atoms with Gasteiger partial charge in [-0.25, -0.2) is 0 Å². The molecule has 22 heavy (non-hydrogen) atoms. The van der Waals surface area contributed by atoms with Crippen molar-refractivity contribution in [3.05, 3.63) is 12.2 Å². The topological polar surface area (TPSA) is 137 Å². The standard InChI is InChI=1S/C14H22O8/c15-7-9-10(17)11(18)12(19)13(22-9)21-6-5-14(20)3-1-8(16)2-4-14/h1,3,9-13,15,17-20H,2,4-7H2/t9-,10-,11+,12-,13-,14-/m1/s1. The van der Waals surface area contributed by atoms with E-state index in [0.717, 1.165) is 0 Å². The molecule has 0 aromatic rings. The molecule has 0 saturated carbocycles. The third-order valence-corrected chi connectivity index (χ3v) is 4.05. The molecular formula is C14H22O8. The van der Waals surface area contributed by atoms with Gasteiger partial charge in [0.05, 0.1) is 18.8 Å². The molecule has 0 spiro atoms. The first-order chi connectivity index (χ1) is 10.4. The van der Waals surface area contributed by atoms with Crippen LogP contribution in [0.2, 0.25) is 0 Å². The van der Waals surface area contributed by atoms with Crippen molar-refractivity contribution < 1.29 is 39.8 Å². The van der Waals surface area contributed by atoms with E-state index in [-0.39, 0.29) is 25.2 Å². The second-order valence-corrected chi connectivity index (χ2v) is 5.72. The number of aliphatic hydroxyl groups excluding tert-OH is 4. The number of ether oxygens (including phenoxy) is 2. The fraction of sp³-hybridized carbons (Fsp3) is 0.786. The minimum atomic E-state index is -1.49. The fourth-order valence-corrected chi connectivity index (χ4v) is 2.52. The van der Waals surface area contributed by atoms with E-state index in [2.05, 4.69) is 0 Å². The Kier molecular flexibility index (Phi) is 5.67. The van der Waals surface area contributed by atoms with Gasteiger partial charge in [0.25, 0.3) is 0 Å². The van der Waals surface area contributed by atoms with E-state index in [4.69, 9.17) is 14.6 Å². The Morgan fingerprint density at radius 3 is 2.59 bits per heavy atom. The molecule has 8 heteroatoms. The molecule has 0 bridgehead atoms. The summed E-state index contributed by atoms with van der Waals surface area (Å²) in [5.41, 5.74) is -1.15. The summed E-state index contributed by atoms with van der Waals surface area (Å²) in [6, 6.07) is 0. The molecule has 0 unspecified atom stereocenters. The number of allylic oxidation sites excluding steroid dienone is 1. The number of ketones is 1. The zero-order chi connectivity index (χ0) is 16.3. The van der Waals surface area contributed by atoms with Gasteiger partial charge in [-0.1, -0.05) is 0 Å². The summed E-state index contributed by atoms with van der Waals surface area (Å²) in [6.45, 7) is -0.517. The molecule has 8 nitrogen and oxygen atoms in total. The summed E-state index contributed by atoms with van der Waals surface area (Å²) in [7, 11) is 0. The average Bonchev–Trinajstić information content (AvgIpc) is 2.50. The van der Waals surface area contributed by atoms with Crippen LogP contribution in [0, 0.1) is 0 Å². The lowest BCUT2D eigenvalue weighted by atomic mass is 9.88. The number of hydrogen-bond donors (Lipinski definition) is 5. The molecule has 0 amide bonds. The monoisotopic (exact) mass is 318 g/mol. The van der Waals surface area contributed by atoms with Gasteiger partial charge in [0, 0.05) is 12.8 Å². The van der Waals surface area contributed by atoms with Crippen molar-refractivity contribution in [1.82, 2.24) is 0 Å². The highest BCUT2D eigenvalue weighted by molar-refractivity contribution is 5.90.